The van der Waals surface area contributed by atoms with Crippen LogP contribution in [0.5, 0.6) is 0 Å². The first kappa shape index (κ1) is 10.3. The molecule has 0 unspecified atom stereocenters. The number of hydrogen-bond donors (Lipinski definition) is 1. The van der Waals surface area contributed by atoms with E-state index in [9.17, 15) is 8.78 Å². The van der Waals surface area contributed by atoms with E-state index in [1.165, 1.54) is 6.07 Å². The second-order valence-electron chi connectivity index (χ2n) is 4.14. The molecule has 1 aromatic carbocycles. The largest absolute Gasteiger partial charge is 0.353 e. The van der Waals surface area contributed by atoms with E-state index in [0.717, 1.165) is 25.0 Å². The van der Waals surface area contributed by atoms with Gasteiger partial charge in [0, 0.05) is 24.5 Å². The molecule has 0 atom stereocenters. The Labute approximate surface area is 97.1 Å². The molecule has 3 rings (SSSR count). The van der Waals surface area contributed by atoms with Gasteiger partial charge in [0.15, 0.2) is 11.6 Å². The molecule has 0 amide bonds. The zero-order chi connectivity index (χ0) is 11.8. The third-order valence-electron chi connectivity index (χ3n) is 2.73. The molecule has 0 aliphatic heterocycles. The van der Waals surface area contributed by atoms with Crippen LogP contribution in [0.3, 0.4) is 0 Å². The van der Waals surface area contributed by atoms with Gasteiger partial charge in [0.1, 0.15) is 0 Å². The first-order chi connectivity index (χ1) is 8.24. The van der Waals surface area contributed by atoms with Crippen LogP contribution in [0, 0.1) is 11.6 Å². The average molecular weight is 235 g/mol. The lowest BCUT2D eigenvalue weighted by Gasteiger charge is -2.09. The van der Waals surface area contributed by atoms with Gasteiger partial charge in [-0.2, -0.15) is 0 Å². The second-order valence-corrected chi connectivity index (χ2v) is 4.14. The van der Waals surface area contributed by atoms with Gasteiger partial charge in [0.05, 0.1) is 5.69 Å². The predicted molar refractivity (Wildman–Crippen MR) is 60.1 cm³/mol. The summed E-state index contributed by atoms with van der Waals surface area (Å²) in [6.07, 6.45) is 5.61. The summed E-state index contributed by atoms with van der Waals surface area (Å²) in [4.78, 5) is 4.16. The lowest BCUT2D eigenvalue weighted by Crippen LogP contribution is -2.07. The van der Waals surface area contributed by atoms with E-state index in [1.807, 2.05) is 0 Å². The fourth-order valence-electron chi connectivity index (χ4n) is 1.66. The maximum atomic E-state index is 13.1. The van der Waals surface area contributed by atoms with E-state index in [-0.39, 0.29) is 0 Å². The molecule has 1 N–H and O–H groups in total. The zero-order valence-electron chi connectivity index (χ0n) is 9.03. The van der Waals surface area contributed by atoms with E-state index in [4.69, 9.17) is 0 Å². The molecule has 88 valence electrons. The standard InChI is InChI=1S/C12H11F2N3/c13-10-4-3-9(7-11(10)14)17-6-5-15-12(17)16-8-1-2-8/h3-8H,1-2H2,(H,15,16). The van der Waals surface area contributed by atoms with E-state index in [0.29, 0.717) is 17.7 Å². The summed E-state index contributed by atoms with van der Waals surface area (Å²) >= 11 is 0. The highest BCUT2D eigenvalue weighted by atomic mass is 19.2. The average Bonchev–Trinajstić information content (AvgIpc) is 3.00. The van der Waals surface area contributed by atoms with Crippen LogP contribution in [-0.4, -0.2) is 15.6 Å². The van der Waals surface area contributed by atoms with Crippen molar-refractivity contribution in [3.05, 3.63) is 42.2 Å². The van der Waals surface area contributed by atoms with Crippen molar-refractivity contribution in [2.45, 2.75) is 18.9 Å². The van der Waals surface area contributed by atoms with Crippen LogP contribution in [0.2, 0.25) is 0 Å². The minimum Gasteiger partial charge on any atom is -0.353 e. The van der Waals surface area contributed by atoms with Crippen LogP contribution in [0.25, 0.3) is 5.69 Å². The maximum absolute atomic E-state index is 13.1. The Morgan fingerprint density at radius 1 is 1.24 bits per heavy atom. The van der Waals surface area contributed by atoms with Crippen molar-refractivity contribution in [3.8, 4) is 5.69 Å². The number of nitrogens with zero attached hydrogens (tertiary/aromatic N) is 2. The van der Waals surface area contributed by atoms with Gasteiger partial charge >= 0.3 is 0 Å². The van der Waals surface area contributed by atoms with Crippen LogP contribution >= 0.6 is 0 Å². The molecule has 2 aromatic rings. The van der Waals surface area contributed by atoms with Crippen molar-refractivity contribution in [2.75, 3.05) is 5.32 Å². The van der Waals surface area contributed by atoms with Crippen LogP contribution in [0.4, 0.5) is 14.7 Å². The summed E-state index contributed by atoms with van der Waals surface area (Å²) in [5.41, 5.74) is 0.560. The molecule has 3 nitrogen and oxygen atoms in total. The summed E-state index contributed by atoms with van der Waals surface area (Å²) in [6.45, 7) is 0. The number of nitrogens with one attached hydrogen (secondary N) is 1. The predicted octanol–water partition coefficient (Wildman–Crippen LogP) is 2.72. The van der Waals surface area contributed by atoms with E-state index >= 15 is 0 Å². The molecule has 1 heterocycles. The number of rotatable bonds is 3. The number of aromatic nitrogens is 2. The SMILES string of the molecule is Fc1ccc(-n2ccnc2NC2CC2)cc1F. The highest BCUT2D eigenvalue weighted by Crippen LogP contribution is 2.25. The Bertz CT molecular complexity index is 546. The van der Waals surface area contributed by atoms with Crippen molar-refractivity contribution in [1.82, 2.24) is 9.55 Å². The molecule has 0 spiro atoms. The molecular formula is C12H11F2N3. The minimum atomic E-state index is -0.853. The summed E-state index contributed by atoms with van der Waals surface area (Å²) in [6, 6.07) is 4.26. The molecule has 0 bridgehead atoms. The van der Waals surface area contributed by atoms with Crippen LogP contribution in [-0.2, 0) is 0 Å². The van der Waals surface area contributed by atoms with E-state index in [2.05, 4.69) is 10.3 Å². The van der Waals surface area contributed by atoms with Gasteiger partial charge in [0.25, 0.3) is 0 Å². The lowest BCUT2D eigenvalue weighted by molar-refractivity contribution is 0.508. The third-order valence-corrected chi connectivity index (χ3v) is 2.73. The normalized spacial score (nSPS) is 14.9. The van der Waals surface area contributed by atoms with Crippen LogP contribution in [0.15, 0.2) is 30.6 Å². The Hall–Kier alpha value is -1.91. The first-order valence-corrected chi connectivity index (χ1v) is 5.49. The summed E-state index contributed by atoms with van der Waals surface area (Å²) in [5, 5.41) is 3.23. The number of imidazole rings is 1. The van der Waals surface area contributed by atoms with Crippen LogP contribution in [0.1, 0.15) is 12.8 Å². The fourth-order valence-corrected chi connectivity index (χ4v) is 1.66. The van der Waals surface area contributed by atoms with Crippen molar-refractivity contribution in [3.63, 3.8) is 0 Å². The van der Waals surface area contributed by atoms with Gasteiger partial charge in [-0.25, -0.2) is 13.8 Å². The van der Waals surface area contributed by atoms with Crippen molar-refractivity contribution in [2.24, 2.45) is 0 Å². The summed E-state index contributed by atoms with van der Waals surface area (Å²) < 4.78 is 27.7. The molecule has 1 aromatic heterocycles. The molecule has 1 aliphatic carbocycles. The Kier molecular flexibility index (Phi) is 2.31. The third kappa shape index (κ3) is 2.00. The Morgan fingerprint density at radius 2 is 2.06 bits per heavy atom. The van der Waals surface area contributed by atoms with E-state index in [1.54, 1.807) is 17.0 Å². The second kappa shape index (κ2) is 3.84. The quantitative estimate of drug-likeness (QED) is 0.886. The van der Waals surface area contributed by atoms with Crippen molar-refractivity contribution < 1.29 is 8.78 Å². The summed E-state index contributed by atoms with van der Waals surface area (Å²) in [7, 11) is 0. The van der Waals surface area contributed by atoms with Gasteiger partial charge in [-0.3, -0.25) is 4.57 Å². The van der Waals surface area contributed by atoms with E-state index < -0.39 is 11.6 Å². The molecule has 17 heavy (non-hydrogen) atoms. The zero-order valence-corrected chi connectivity index (χ0v) is 9.03. The molecule has 1 fully saturated rings. The Balaban J connectivity index is 1.96. The number of anilines is 1. The molecule has 1 aliphatic rings. The monoisotopic (exact) mass is 235 g/mol. The van der Waals surface area contributed by atoms with Gasteiger partial charge in [-0.1, -0.05) is 0 Å². The molecule has 0 radical (unpaired) electrons. The van der Waals surface area contributed by atoms with Gasteiger partial charge in [-0.05, 0) is 25.0 Å². The molecule has 5 heteroatoms. The molecular weight excluding hydrogens is 224 g/mol. The van der Waals surface area contributed by atoms with Gasteiger partial charge in [-0.15, -0.1) is 0 Å². The van der Waals surface area contributed by atoms with Gasteiger partial charge in [0.2, 0.25) is 5.95 Å². The highest BCUT2D eigenvalue weighted by Gasteiger charge is 2.22. The highest BCUT2D eigenvalue weighted by molar-refractivity contribution is 5.43. The lowest BCUT2D eigenvalue weighted by atomic mass is 10.3. The number of hydrogen-bond acceptors (Lipinski definition) is 2. The topological polar surface area (TPSA) is 29.9 Å². The van der Waals surface area contributed by atoms with Crippen molar-refractivity contribution >= 4 is 5.95 Å². The van der Waals surface area contributed by atoms with Crippen LogP contribution < -0.4 is 5.32 Å². The molecule has 0 saturated heterocycles. The molecule has 1 saturated carbocycles. The first-order valence-electron chi connectivity index (χ1n) is 5.49. The number of benzene rings is 1. The van der Waals surface area contributed by atoms with Gasteiger partial charge < -0.3 is 5.32 Å². The Morgan fingerprint density at radius 3 is 2.76 bits per heavy atom. The maximum Gasteiger partial charge on any atom is 0.207 e. The summed E-state index contributed by atoms with van der Waals surface area (Å²) in [5.74, 6) is -1.03. The number of halogens is 2. The minimum absolute atomic E-state index is 0.460. The fraction of sp³-hybridized carbons (Fsp3) is 0.250. The van der Waals surface area contributed by atoms with Crippen molar-refractivity contribution in [1.29, 1.82) is 0 Å². The smallest absolute Gasteiger partial charge is 0.207 e.